The van der Waals surface area contributed by atoms with E-state index in [-0.39, 0.29) is 12.2 Å². The lowest BCUT2D eigenvalue weighted by Gasteiger charge is -2.25. The summed E-state index contributed by atoms with van der Waals surface area (Å²) in [7, 11) is 0. The van der Waals surface area contributed by atoms with E-state index in [2.05, 4.69) is 29.2 Å². The third-order valence-corrected chi connectivity index (χ3v) is 4.11. The lowest BCUT2D eigenvalue weighted by Crippen LogP contribution is -2.09. The molecule has 0 saturated heterocycles. The lowest BCUT2D eigenvalue weighted by molar-refractivity contribution is -0.137. The average Bonchev–Trinajstić information content (AvgIpc) is 2.75. The Morgan fingerprint density at radius 3 is 1.86 bits per heavy atom. The van der Waals surface area contributed by atoms with Crippen molar-refractivity contribution in [1.82, 2.24) is 0 Å². The first-order valence-corrected chi connectivity index (χ1v) is 9.02. The highest BCUT2D eigenvalue weighted by Crippen LogP contribution is 2.34. The first-order valence-electron chi connectivity index (χ1n) is 9.02. The maximum atomic E-state index is 11.8. The molecule has 0 unspecified atom stereocenters. The third kappa shape index (κ3) is 4.46. The maximum absolute atomic E-state index is 11.8. The SMILES string of the molecule is CCOC(=O)/C(C#N)=C/c1ccc(N(c2ccccc2)c2ccccc2)cc1. The van der Waals surface area contributed by atoms with Crippen LogP contribution in [0.15, 0.2) is 90.5 Å². The molecule has 3 aromatic carbocycles. The van der Waals surface area contributed by atoms with Crippen molar-refractivity contribution in [1.29, 1.82) is 5.26 Å². The fraction of sp³-hybridized carbons (Fsp3) is 0.0833. The number of hydrogen-bond donors (Lipinski definition) is 0. The fourth-order valence-corrected chi connectivity index (χ4v) is 2.83. The Morgan fingerprint density at radius 1 is 0.893 bits per heavy atom. The van der Waals surface area contributed by atoms with Crippen molar-refractivity contribution in [3.05, 3.63) is 96.1 Å². The molecular weight excluding hydrogens is 348 g/mol. The Labute approximate surface area is 164 Å². The van der Waals surface area contributed by atoms with E-state index in [1.807, 2.05) is 66.7 Å². The predicted molar refractivity (Wildman–Crippen MR) is 111 cm³/mol. The molecule has 4 heteroatoms. The number of carbonyl (C=O) groups excluding carboxylic acids is 1. The highest BCUT2D eigenvalue weighted by molar-refractivity contribution is 5.98. The molecule has 0 spiro atoms. The molecule has 0 bridgehead atoms. The molecule has 0 heterocycles. The zero-order chi connectivity index (χ0) is 19.8. The molecule has 0 aromatic heterocycles. The normalized spacial score (nSPS) is 10.8. The molecule has 0 aliphatic heterocycles. The van der Waals surface area contributed by atoms with E-state index >= 15 is 0 Å². The van der Waals surface area contributed by atoms with E-state index in [1.54, 1.807) is 6.92 Å². The topological polar surface area (TPSA) is 53.3 Å². The van der Waals surface area contributed by atoms with E-state index in [0.717, 1.165) is 22.6 Å². The average molecular weight is 368 g/mol. The minimum absolute atomic E-state index is 0.0161. The van der Waals surface area contributed by atoms with Crippen LogP contribution in [0.3, 0.4) is 0 Å². The van der Waals surface area contributed by atoms with Gasteiger partial charge in [0.1, 0.15) is 11.6 Å². The van der Waals surface area contributed by atoms with Gasteiger partial charge in [-0.3, -0.25) is 0 Å². The number of ether oxygens (including phenoxy) is 1. The van der Waals surface area contributed by atoms with Gasteiger partial charge in [-0.2, -0.15) is 5.26 Å². The molecule has 0 atom stereocenters. The Kier molecular flexibility index (Phi) is 6.22. The van der Waals surface area contributed by atoms with Gasteiger partial charge in [0.2, 0.25) is 0 Å². The molecule has 0 aliphatic rings. The molecule has 138 valence electrons. The van der Waals surface area contributed by atoms with Crippen LogP contribution in [0.4, 0.5) is 17.1 Å². The molecular formula is C24H20N2O2. The number of benzene rings is 3. The quantitative estimate of drug-likeness (QED) is 0.322. The van der Waals surface area contributed by atoms with Crippen LogP contribution in [-0.4, -0.2) is 12.6 Å². The number of esters is 1. The van der Waals surface area contributed by atoms with Crippen molar-refractivity contribution in [2.75, 3.05) is 11.5 Å². The number of anilines is 3. The molecule has 0 fully saturated rings. The minimum atomic E-state index is -0.607. The molecule has 0 aliphatic carbocycles. The van der Waals surface area contributed by atoms with Gasteiger partial charge in [-0.25, -0.2) is 4.79 Å². The summed E-state index contributed by atoms with van der Waals surface area (Å²) in [6.45, 7) is 1.95. The van der Waals surface area contributed by atoms with Crippen LogP contribution in [0, 0.1) is 11.3 Å². The smallest absolute Gasteiger partial charge is 0.348 e. The third-order valence-electron chi connectivity index (χ3n) is 4.11. The summed E-state index contributed by atoms with van der Waals surface area (Å²) in [5.41, 5.74) is 3.80. The molecule has 0 saturated carbocycles. The van der Waals surface area contributed by atoms with Crippen LogP contribution < -0.4 is 4.90 Å². The van der Waals surface area contributed by atoms with E-state index in [9.17, 15) is 10.1 Å². The highest BCUT2D eigenvalue weighted by Gasteiger charge is 2.12. The van der Waals surface area contributed by atoms with Crippen molar-refractivity contribution >= 4 is 29.1 Å². The monoisotopic (exact) mass is 368 g/mol. The van der Waals surface area contributed by atoms with Gasteiger partial charge in [-0.05, 0) is 55.0 Å². The fourth-order valence-electron chi connectivity index (χ4n) is 2.83. The summed E-state index contributed by atoms with van der Waals surface area (Å²) in [5, 5.41) is 9.20. The minimum Gasteiger partial charge on any atom is -0.462 e. The van der Waals surface area contributed by atoms with Crippen LogP contribution >= 0.6 is 0 Å². The molecule has 4 nitrogen and oxygen atoms in total. The molecule has 0 N–H and O–H groups in total. The first-order chi connectivity index (χ1) is 13.7. The Morgan fingerprint density at radius 2 is 1.39 bits per heavy atom. The van der Waals surface area contributed by atoms with Crippen LogP contribution in [0.5, 0.6) is 0 Å². The van der Waals surface area contributed by atoms with Crippen molar-refractivity contribution in [2.45, 2.75) is 6.92 Å². The molecule has 3 aromatic rings. The van der Waals surface area contributed by atoms with Gasteiger partial charge in [0.05, 0.1) is 6.61 Å². The first kappa shape index (κ1) is 18.9. The number of hydrogen-bond acceptors (Lipinski definition) is 4. The zero-order valence-electron chi connectivity index (χ0n) is 15.6. The molecule has 3 rings (SSSR count). The van der Waals surface area contributed by atoms with Crippen molar-refractivity contribution in [3.63, 3.8) is 0 Å². The number of nitrogens with zero attached hydrogens (tertiary/aromatic N) is 2. The van der Waals surface area contributed by atoms with Gasteiger partial charge in [0, 0.05) is 17.1 Å². The summed E-state index contributed by atoms with van der Waals surface area (Å²) in [5.74, 6) is -0.607. The second kappa shape index (κ2) is 9.20. The Hall–Kier alpha value is -3.84. The van der Waals surface area contributed by atoms with Gasteiger partial charge in [-0.15, -0.1) is 0 Å². The number of rotatable bonds is 6. The van der Waals surface area contributed by atoms with Gasteiger partial charge in [-0.1, -0.05) is 48.5 Å². The summed E-state index contributed by atoms with van der Waals surface area (Å²) in [6, 6.07) is 29.8. The zero-order valence-corrected chi connectivity index (χ0v) is 15.6. The highest BCUT2D eigenvalue weighted by atomic mass is 16.5. The summed E-state index contributed by atoms with van der Waals surface area (Å²) in [4.78, 5) is 13.9. The van der Waals surface area contributed by atoms with Crippen LogP contribution in [0.2, 0.25) is 0 Å². The number of nitriles is 1. The predicted octanol–water partition coefficient (Wildman–Crippen LogP) is 5.63. The summed E-state index contributed by atoms with van der Waals surface area (Å²) >= 11 is 0. The van der Waals surface area contributed by atoms with Crippen molar-refractivity contribution in [3.8, 4) is 6.07 Å². The van der Waals surface area contributed by atoms with Crippen molar-refractivity contribution < 1.29 is 9.53 Å². The van der Waals surface area contributed by atoms with E-state index < -0.39 is 5.97 Å². The van der Waals surface area contributed by atoms with Gasteiger partial charge in [0.15, 0.2) is 0 Å². The van der Waals surface area contributed by atoms with Gasteiger partial charge < -0.3 is 9.64 Å². The Balaban J connectivity index is 1.95. The van der Waals surface area contributed by atoms with Gasteiger partial charge >= 0.3 is 5.97 Å². The maximum Gasteiger partial charge on any atom is 0.348 e. The standard InChI is InChI=1S/C24H20N2O2/c1-2-28-24(27)20(18-25)17-19-13-15-23(16-14-19)26(21-9-5-3-6-10-21)22-11-7-4-8-12-22/h3-17H,2H2,1H3/b20-17+. The largest absolute Gasteiger partial charge is 0.462 e. The molecule has 0 amide bonds. The summed E-state index contributed by atoms with van der Waals surface area (Å²) in [6.07, 6.45) is 1.54. The second-order valence-electron chi connectivity index (χ2n) is 5.99. The van der Waals surface area contributed by atoms with Crippen molar-refractivity contribution in [2.24, 2.45) is 0 Å². The molecule has 28 heavy (non-hydrogen) atoms. The second-order valence-corrected chi connectivity index (χ2v) is 5.99. The van der Waals surface area contributed by atoms with E-state index in [1.165, 1.54) is 6.08 Å². The number of para-hydroxylation sites is 2. The van der Waals surface area contributed by atoms with E-state index in [0.29, 0.717) is 0 Å². The van der Waals surface area contributed by atoms with Crippen LogP contribution in [0.25, 0.3) is 6.08 Å². The van der Waals surface area contributed by atoms with Gasteiger partial charge in [0.25, 0.3) is 0 Å². The Bertz CT molecular complexity index is 949. The number of carbonyl (C=O) groups is 1. The molecule has 0 radical (unpaired) electrons. The summed E-state index contributed by atoms with van der Waals surface area (Å²) < 4.78 is 4.91. The van der Waals surface area contributed by atoms with E-state index in [4.69, 9.17) is 4.74 Å². The van der Waals surface area contributed by atoms with Crippen LogP contribution in [-0.2, 0) is 9.53 Å². The van der Waals surface area contributed by atoms with Crippen LogP contribution in [0.1, 0.15) is 12.5 Å². The lowest BCUT2D eigenvalue weighted by atomic mass is 10.1.